The number of carbonyl (C=O) groups excluding carboxylic acids is 2. The van der Waals surface area contributed by atoms with Crippen molar-refractivity contribution >= 4 is 17.9 Å². The van der Waals surface area contributed by atoms with E-state index in [2.05, 4.69) is 10.9 Å². The van der Waals surface area contributed by atoms with E-state index in [0.717, 1.165) is 17.8 Å². The van der Waals surface area contributed by atoms with E-state index in [1.165, 1.54) is 44.6 Å². The fraction of sp³-hybridized carbons (Fsp3) is 0.579. The fourth-order valence-electron chi connectivity index (χ4n) is 5.61. The molecular formula is C19H24N2O3. The summed E-state index contributed by atoms with van der Waals surface area (Å²) in [7, 11) is 0. The fourth-order valence-corrected chi connectivity index (χ4v) is 5.61. The van der Waals surface area contributed by atoms with Crippen LogP contribution in [0.25, 0.3) is 6.08 Å². The first-order chi connectivity index (χ1) is 11.6. The molecule has 0 spiro atoms. The molecule has 0 unspecified atom stereocenters. The highest BCUT2D eigenvalue weighted by Gasteiger charge is 2.51. The van der Waals surface area contributed by atoms with Gasteiger partial charge in [-0.25, -0.2) is 0 Å². The number of carbonyl (C=O) groups is 2. The van der Waals surface area contributed by atoms with Crippen molar-refractivity contribution in [1.82, 2.24) is 10.9 Å². The molecule has 0 saturated heterocycles. The average Bonchev–Trinajstić information content (AvgIpc) is 3.02. The Hall–Kier alpha value is -2.04. The van der Waals surface area contributed by atoms with Crippen LogP contribution in [0.5, 0.6) is 0 Å². The molecule has 4 aliphatic carbocycles. The summed E-state index contributed by atoms with van der Waals surface area (Å²) < 4.78 is 5.11. The SMILES string of the molecule is O=C(/C=C/c1ccco1)NNC(=O)CC12CC3CC(CC(C3)C1)C2. The van der Waals surface area contributed by atoms with Crippen molar-refractivity contribution in [2.75, 3.05) is 0 Å². The van der Waals surface area contributed by atoms with Crippen molar-refractivity contribution in [3.8, 4) is 0 Å². The molecule has 0 aromatic carbocycles. The van der Waals surface area contributed by atoms with Crippen LogP contribution in [0, 0.1) is 23.2 Å². The monoisotopic (exact) mass is 328 g/mol. The van der Waals surface area contributed by atoms with E-state index in [-0.39, 0.29) is 17.2 Å². The summed E-state index contributed by atoms with van der Waals surface area (Å²) in [5, 5.41) is 0. The Morgan fingerprint density at radius 2 is 1.79 bits per heavy atom. The summed E-state index contributed by atoms with van der Waals surface area (Å²) in [6.45, 7) is 0. The normalized spacial score (nSPS) is 33.8. The standard InChI is InChI=1S/C19H24N2O3/c22-17(4-3-16-2-1-5-24-16)20-21-18(23)12-19-9-13-6-14(10-19)8-15(7-13)11-19/h1-5,13-15H,6-12H2,(H,20,22)(H,21,23)/b4-3+. The Bertz CT molecular complexity index is 612. The maximum Gasteiger partial charge on any atom is 0.262 e. The van der Waals surface area contributed by atoms with E-state index in [0.29, 0.717) is 12.2 Å². The van der Waals surface area contributed by atoms with Crippen LogP contribution < -0.4 is 10.9 Å². The molecule has 0 aliphatic heterocycles. The number of hydrazine groups is 1. The topological polar surface area (TPSA) is 71.3 Å². The van der Waals surface area contributed by atoms with Crippen molar-refractivity contribution in [3.63, 3.8) is 0 Å². The highest BCUT2D eigenvalue weighted by molar-refractivity contribution is 5.92. The molecule has 2 N–H and O–H groups in total. The van der Waals surface area contributed by atoms with E-state index < -0.39 is 0 Å². The van der Waals surface area contributed by atoms with Crippen LogP contribution in [-0.2, 0) is 9.59 Å². The molecule has 4 bridgehead atoms. The van der Waals surface area contributed by atoms with Gasteiger partial charge >= 0.3 is 0 Å². The van der Waals surface area contributed by atoms with Gasteiger partial charge in [-0.05, 0) is 79.9 Å². The lowest BCUT2D eigenvalue weighted by atomic mass is 9.49. The molecule has 24 heavy (non-hydrogen) atoms. The van der Waals surface area contributed by atoms with Gasteiger partial charge in [-0.15, -0.1) is 0 Å². The molecule has 128 valence electrons. The van der Waals surface area contributed by atoms with Gasteiger partial charge in [-0.3, -0.25) is 20.4 Å². The minimum absolute atomic E-state index is 0.0725. The lowest BCUT2D eigenvalue weighted by Crippen LogP contribution is -2.49. The molecule has 4 saturated carbocycles. The number of rotatable bonds is 4. The third kappa shape index (κ3) is 3.25. The number of amides is 2. The Morgan fingerprint density at radius 3 is 2.38 bits per heavy atom. The third-order valence-electron chi connectivity index (χ3n) is 5.97. The zero-order chi connectivity index (χ0) is 16.6. The average molecular weight is 328 g/mol. The number of furan rings is 1. The number of hydrogen-bond acceptors (Lipinski definition) is 3. The molecule has 1 aromatic rings. The van der Waals surface area contributed by atoms with Gasteiger partial charge in [0.1, 0.15) is 5.76 Å². The number of hydrogen-bond donors (Lipinski definition) is 2. The second kappa shape index (κ2) is 6.11. The van der Waals surface area contributed by atoms with Gasteiger partial charge in [0.2, 0.25) is 5.91 Å². The van der Waals surface area contributed by atoms with Crippen LogP contribution in [-0.4, -0.2) is 11.8 Å². The van der Waals surface area contributed by atoms with Gasteiger partial charge < -0.3 is 4.42 Å². The second-order valence-corrected chi connectivity index (χ2v) is 7.98. The predicted molar refractivity (Wildman–Crippen MR) is 89.2 cm³/mol. The van der Waals surface area contributed by atoms with Gasteiger partial charge in [-0.1, -0.05) is 0 Å². The Balaban J connectivity index is 1.27. The van der Waals surface area contributed by atoms with Crippen molar-refractivity contribution in [1.29, 1.82) is 0 Å². The van der Waals surface area contributed by atoms with Gasteiger partial charge in [0.05, 0.1) is 6.26 Å². The highest BCUT2D eigenvalue weighted by Crippen LogP contribution is 2.61. The summed E-state index contributed by atoms with van der Waals surface area (Å²) >= 11 is 0. The minimum atomic E-state index is -0.356. The summed E-state index contributed by atoms with van der Waals surface area (Å²) in [4.78, 5) is 24.0. The van der Waals surface area contributed by atoms with Crippen molar-refractivity contribution in [3.05, 3.63) is 30.2 Å². The first kappa shape index (κ1) is 15.5. The maximum absolute atomic E-state index is 12.3. The number of nitrogens with one attached hydrogen (secondary N) is 2. The lowest BCUT2D eigenvalue weighted by Gasteiger charge is -2.56. The second-order valence-electron chi connectivity index (χ2n) is 7.98. The summed E-state index contributed by atoms with van der Waals surface area (Å²) in [6, 6.07) is 3.51. The Kier molecular flexibility index (Phi) is 3.94. The molecule has 1 aromatic heterocycles. The zero-order valence-corrected chi connectivity index (χ0v) is 13.8. The maximum atomic E-state index is 12.3. The quantitative estimate of drug-likeness (QED) is 0.659. The van der Waals surface area contributed by atoms with E-state index >= 15 is 0 Å². The Morgan fingerprint density at radius 1 is 1.12 bits per heavy atom. The molecule has 5 nitrogen and oxygen atoms in total. The van der Waals surface area contributed by atoms with Crippen LogP contribution in [0.4, 0.5) is 0 Å². The first-order valence-corrected chi connectivity index (χ1v) is 8.91. The third-order valence-corrected chi connectivity index (χ3v) is 5.97. The molecule has 4 aliphatic rings. The van der Waals surface area contributed by atoms with E-state index in [9.17, 15) is 9.59 Å². The highest BCUT2D eigenvalue weighted by atomic mass is 16.3. The molecule has 5 heteroatoms. The van der Waals surface area contributed by atoms with Crippen molar-refractivity contribution < 1.29 is 14.0 Å². The smallest absolute Gasteiger partial charge is 0.262 e. The van der Waals surface area contributed by atoms with Gasteiger partial charge in [-0.2, -0.15) is 0 Å². The van der Waals surface area contributed by atoms with Gasteiger partial charge in [0.25, 0.3) is 5.91 Å². The summed E-state index contributed by atoms with van der Waals surface area (Å²) in [5.41, 5.74) is 5.22. The summed E-state index contributed by atoms with van der Waals surface area (Å²) in [5.74, 6) is 2.66. The van der Waals surface area contributed by atoms with Gasteiger partial charge in [0, 0.05) is 12.5 Å². The van der Waals surface area contributed by atoms with E-state index in [1.807, 2.05) is 0 Å². The van der Waals surface area contributed by atoms with E-state index in [1.54, 1.807) is 24.5 Å². The van der Waals surface area contributed by atoms with E-state index in [4.69, 9.17) is 4.42 Å². The first-order valence-electron chi connectivity index (χ1n) is 8.91. The Labute approximate surface area is 141 Å². The molecule has 2 amide bonds. The molecule has 5 rings (SSSR count). The lowest BCUT2D eigenvalue weighted by molar-refractivity contribution is -0.133. The molecule has 0 atom stereocenters. The van der Waals surface area contributed by atoms with Crippen LogP contribution in [0.15, 0.2) is 28.9 Å². The minimum Gasteiger partial charge on any atom is -0.465 e. The van der Waals surface area contributed by atoms with Crippen LogP contribution in [0.2, 0.25) is 0 Å². The van der Waals surface area contributed by atoms with Crippen molar-refractivity contribution in [2.45, 2.75) is 44.9 Å². The van der Waals surface area contributed by atoms with Crippen LogP contribution in [0.1, 0.15) is 50.7 Å². The predicted octanol–water partition coefficient (Wildman–Crippen LogP) is 3.05. The summed E-state index contributed by atoms with van der Waals surface area (Å²) in [6.07, 6.45) is 12.7. The molecule has 4 fully saturated rings. The van der Waals surface area contributed by atoms with Crippen LogP contribution in [0.3, 0.4) is 0 Å². The largest absolute Gasteiger partial charge is 0.465 e. The zero-order valence-electron chi connectivity index (χ0n) is 13.8. The van der Waals surface area contributed by atoms with Crippen molar-refractivity contribution in [2.24, 2.45) is 23.2 Å². The molecule has 1 heterocycles. The van der Waals surface area contributed by atoms with Gasteiger partial charge in [0.15, 0.2) is 0 Å². The molecule has 0 radical (unpaired) electrons. The van der Waals surface area contributed by atoms with Crippen LogP contribution >= 0.6 is 0 Å². The molecular weight excluding hydrogens is 304 g/mol.